The summed E-state index contributed by atoms with van der Waals surface area (Å²) in [5.74, 6) is 0. The zero-order chi connectivity index (χ0) is 4.50. The van der Waals surface area contributed by atoms with Gasteiger partial charge in [-0.1, -0.05) is 0 Å². The van der Waals surface area contributed by atoms with Gasteiger partial charge in [0.1, 0.15) is 0 Å². The number of rotatable bonds is 0. The van der Waals surface area contributed by atoms with E-state index in [0.717, 1.165) is 0 Å². The van der Waals surface area contributed by atoms with Gasteiger partial charge >= 0.3 is 45.6 Å². The van der Waals surface area contributed by atoms with Crippen LogP contribution in [0.15, 0.2) is 0 Å². The molecule has 0 aliphatic rings. The molecule has 0 aliphatic heterocycles. The first-order valence-corrected chi connectivity index (χ1v) is 2.35. The van der Waals surface area contributed by atoms with E-state index in [9.17, 15) is 0 Å². The maximum Gasteiger partial charge on any atom is 2.00 e. The zero-order valence-electron chi connectivity index (χ0n) is 5.31. The average Bonchev–Trinajstić information content (AvgIpc) is 0.722. The third-order valence-electron chi connectivity index (χ3n) is 0. The maximum absolute atomic E-state index is 8.88. The molecule has 3 N–H and O–H groups in total. The van der Waals surface area contributed by atoms with E-state index in [0.29, 0.717) is 0 Å². The van der Waals surface area contributed by atoms with Crippen LogP contribution in [0.5, 0.6) is 0 Å². The van der Waals surface area contributed by atoms with Gasteiger partial charge in [0.2, 0.25) is 0 Å². The van der Waals surface area contributed by atoms with Crippen molar-refractivity contribution < 1.29 is 43.2 Å². The molecule has 4 nitrogen and oxygen atoms in total. The van der Waals surface area contributed by atoms with Gasteiger partial charge in [0, 0.05) is 21.1 Å². The quantitative estimate of drug-likeness (QED) is 0.296. The van der Waals surface area contributed by atoms with E-state index in [1.54, 1.807) is 0 Å². The molecule has 0 bridgehead atoms. The first-order valence-electron chi connectivity index (χ1n) is 0.783. The molecule has 0 unspecified atom stereocenters. The van der Waals surface area contributed by atoms with Crippen LogP contribution in [0.4, 0.5) is 0 Å². The second-order valence-electron chi connectivity index (χ2n) is 0.513. The maximum atomic E-state index is 8.88. The van der Waals surface area contributed by atoms with Gasteiger partial charge in [-0.3, -0.25) is 0 Å². The van der Waals surface area contributed by atoms with Crippen molar-refractivity contribution in [1.82, 2.24) is 0 Å². The topological polar surface area (TPSA) is 77.8 Å². The van der Waals surface area contributed by atoms with Crippen LogP contribution in [0.25, 0.3) is 0 Å². The Balaban J connectivity index is -0.00000000533. The van der Waals surface area contributed by atoms with Gasteiger partial charge < -0.3 is 17.5 Å². The van der Waals surface area contributed by atoms with E-state index in [-0.39, 0.29) is 90.0 Å². The molecule has 0 aliphatic carbocycles. The summed E-state index contributed by atoms with van der Waals surface area (Å²) in [7, 11) is -4.64. The van der Waals surface area contributed by atoms with Crippen LogP contribution < -0.4 is 0 Å². The second-order valence-corrected chi connectivity index (χ2v) is 1.54. The van der Waals surface area contributed by atoms with E-state index < -0.39 is 7.82 Å². The second kappa shape index (κ2) is 13.4. The van der Waals surface area contributed by atoms with Crippen molar-refractivity contribution >= 4 is 73.9 Å². The Labute approximate surface area is 115 Å². The molecule has 0 aromatic rings. The average molecular weight is 386 g/mol. The summed E-state index contributed by atoms with van der Waals surface area (Å²) in [6.45, 7) is 0. The van der Waals surface area contributed by atoms with Gasteiger partial charge in [-0.15, -0.1) is 0 Å². The molecule has 9 heteroatoms. The summed E-state index contributed by atoms with van der Waals surface area (Å²) in [4.78, 5) is 21.6. The fourth-order valence-corrected chi connectivity index (χ4v) is 0. The van der Waals surface area contributed by atoms with Crippen LogP contribution in [0.3, 0.4) is 0 Å². The van der Waals surface area contributed by atoms with Crippen LogP contribution in [-0.4, -0.2) is 80.7 Å². The third-order valence-corrected chi connectivity index (χ3v) is 0. The summed E-state index contributed by atoms with van der Waals surface area (Å²) in [6, 6.07) is 0. The van der Waals surface area contributed by atoms with Crippen molar-refractivity contribution in [2.24, 2.45) is 0 Å². The van der Waals surface area contributed by atoms with Gasteiger partial charge in [0.25, 0.3) is 0 Å². The fourth-order valence-electron chi connectivity index (χ4n) is 0. The largest absolute Gasteiger partial charge is 2.00 e. The zero-order valence-corrected chi connectivity index (χ0v) is 9.35. The first kappa shape index (κ1) is 29.8. The van der Waals surface area contributed by atoms with E-state index in [1.165, 1.54) is 0 Å². The van der Waals surface area contributed by atoms with E-state index >= 15 is 0 Å². The van der Waals surface area contributed by atoms with Crippen LogP contribution >= 0.6 is 7.82 Å². The summed E-state index contributed by atoms with van der Waals surface area (Å²) in [5.41, 5.74) is 0. The van der Waals surface area contributed by atoms with Gasteiger partial charge in [0.05, 0.1) is 0 Å². The summed E-state index contributed by atoms with van der Waals surface area (Å²) >= 11 is 0. The molecule has 0 rings (SSSR count). The first-order chi connectivity index (χ1) is 2.00. The van der Waals surface area contributed by atoms with E-state index in [4.69, 9.17) is 19.2 Å². The van der Waals surface area contributed by atoms with Crippen molar-refractivity contribution in [2.45, 2.75) is 0 Å². The molecule has 0 aromatic heterocycles. The summed E-state index contributed by atoms with van der Waals surface area (Å²) in [6.07, 6.45) is 0. The van der Waals surface area contributed by atoms with E-state index in [2.05, 4.69) is 0 Å². The van der Waals surface area contributed by atoms with Crippen molar-refractivity contribution in [3.05, 3.63) is 0 Å². The van der Waals surface area contributed by atoms with E-state index in [1.807, 2.05) is 0 Å². The molecule has 56 valence electrons. The van der Waals surface area contributed by atoms with Crippen LogP contribution in [0.2, 0.25) is 0 Å². The number of hydrogen-bond donors (Lipinski definition) is 3. The Morgan fingerprint density at radius 1 is 1.22 bits per heavy atom. The molecule has 0 saturated carbocycles. The van der Waals surface area contributed by atoms with Gasteiger partial charge in [-0.05, 0) is 11.0 Å². The smallest absolute Gasteiger partial charge is 1.00 e. The molecule has 9 heavy (non-hydrogen) atoms. The molecular formula is H12AlCaO4PSiW. The normalized spacial score (nSPS) is 6.56. The van der Waals surface area contributed by atoms with Gasteiger partial charge in [-0.2, -0.15) is 0 Å². The Kier molecular flexibility index (Phi) is 44.3. The molecule has 0 aromatic carbocycles. The minimum absolute atomic E-state index is 0. The molecule has 0 heterocycles. The molecule has 0 spiro atoms. The molecule has 0 radical (unpaired) electrons. The Morgan fingerprint density at radius 3 is 1.22 bits per heavy atom. The molecule has 0 fully saturated rings. The minimum atomic E-state index is -4.64. The Hall–Kier alpha value is 2.81. The van der Waals surface area contributed by atoms with Crippen molar-refractivity contribution in [2.75, 3.05) is 0 Å². The Morgan fingerprint density at radius 2 is 1.22 bits per heavy atom. The summed E-state index contributed by atoms with van der Waals surface area (Å²) < 4.78 is 8.88. The molecule has 0 amide bonds. The van der Waals surface area contributed by atoms with Crippen molar-refractivity contribution in [1.29, 1.82) is 0 Å². The molecule has 0 saturated heterocycles. The number of phosphoric acid groups is 1. The minimum Gasteiger partial charge on any atom is -1.00 e. The van der Waals surface area contributed by atoms with Crippen LogP contribution in [-0.2, 0) is 25.6 Å². The predicted molar refractivity (Wildman–Crippen MR) is 43.5 cm³/mol. The Bertz CT molecular complexity index is 74.2. The monoisotopic (exact) mass is 386 g/mol. The molecule has 0 atom stereocenters. The van der Waals surface area contributed by atoms with Gasteiger partial charge in [0.15, 0.2) is 17.4 Å². The van der Waals surface area contributed by atoms with Crippen molar-refractivity contribution in [3.8, 4) is 0 Å². The predicted octanol–water partition coefficient (Wildman–Crippen LogP) is -3.72. The molecular weight excluding hydrogens is 374 g/mol. The van der Waals surface area contributed by atoms with Gasteiger partial charge in [-0.25, -0.2) is 4.57 Å². The summed E-state index contributed by atoms with van der Waals surface area (Å²) in [5, 5.41) is 0. The SMILES string of the molecule is O=P(O)(O)O.[AlH3].[Ca+2].[H-].[H-].[SiH4].[W]. The standard InChI is InChI=1S/Al.Ca.H3O4P.H4Si.W.5H/c;;1-5(2,3)4;;;;;;;/h;;(H3,1,2,3,4);1H4;;;;;;/q;+2;;;;;;;2*-1. The third kappa shape index (κ3) is 106. The van der Waals surface area contributed by atoms with Crippen LogP contribution in [0.1, 0.15) is 2.85 Å². The van der Waals surface area contributed by atoms with Crippen molar-refractivity contribution in [3.63, 3.8) is 0 Å². The fraction of sp³-hybridized carbons (Fsp3) is 0. The van der Waals surface area contributed by atoms with Crippen LogP contribution in [0, 0.1) is 0 Å². The number of hydrogen-bond acceptors (Lipinski definition) is 1.